The third-order valence-corrected chi connectivity index (χ3v) is 6.79. The summed E-state index contributed by atoms with van der Waals surface area (Å²) in [6.07, 6.45) is 0.986. The molecule has 0 aliphatic carbocycles. The molecule has 0 saturated heterocycles. The Kier molecular flexibility index (Phi) is 9.21. The van der Waals surface area contributed by atoms with E-state index < -0.39 is 28.5 Å². The first-order valence-electron chi connectivity index (χ1n) is 9.68. The maximum Gasteiger partial charge on any atom is 0.244 e. The summed E-state index contributed by atoms with van der Waals surface area (Å²) in [7, 11) is -3.84. The maximum absolute atomic E-state index is 13.3. The summed E-state index contributed by atoms with van der Waals surface area (Å²) in [6, 6.07) is 10.3. The van der Waals surface area contributed by atoms with Crippen LogP contribution in [-0.2, 0) is 26.2 Å². The first kappa shape index (κ1) is 26.3. The Morgan fingerprint density at radius 2 is 1.66 bits per heavy atom. The third-order valence-electron chi connectivity index (χ3n) is 4.65. The summed E-state index contributed by atoms with van der Waals surface area (Å²) < 4.78 is 25.9. The molecule has 1 atom stereocenters. The van der Waals surface area contributed by atoms with Crippen molar-refractivity contribution < 1.29 is 18.0 Å². The fourth-order valence-corrected chi connectivity index (χ4v) is 4.20. The summed E-state index contributed by atoms with van der Waals surface area (Å²) in [5.74, 6) is -0.912. The summed E-state index contributed by atoms with van der Waals surface area (Å²) in [4.78, 5) is 27.1. The van der Waals surface area contributed by atoms with E-state index in [4.69, 9.17) is 34.8 Å². The van der Waals surface area contributed by atoms with Crippen LogP contribution >= 0.6 is 34.8 Å². The molecule has 1 N–H and O–H groups in total. The number of likely N-dealkylation sites (N-methyl/N-ethyl adjacent to an activating group) is 1. The molecule has 0 aliphatic heterocycles. The van der Waals surface area contributed by atoms with Gasteiger partial charge in [0.05, 0.1) is 22.0 Å². The number of rotatable bonds is 9. The highest BCUT2D eigenvalue weighted by Gasteiger charge is 2.30. The zero-order chi connectivity index (χ0) is 24.1. The number of nitrogens with zero attached hydrogens (tertiary/aromatic N) is 2. The fourth-order valence-electron chi connectivity index (χ4n) is 2.94. The van der Waals surface area contributed by atoms with E-state index in [0.717, 1.165) is 16.1 Å². The van der Waals surface area contributed by atoms with Crippen LogP contribution in [0, 0.1) is 0 Å². The third kappa shape index (κ3) is 7.00. The Hall–Kier alpha value is -2.00. The first-order valence-corrected chi connectivity index (χ1v) is 12.7. The molecule has 0 aromatic heterocycles. The Labute approximate surface area is 203 Å². The van der Waals surface area contributed by atoms with Gasteiger partial charge in [-0.2, -0.15) is 0 Å². The lowest BCUT2D eigenvalue weighted by Crippen LogP contribution is -2.51. The van der Waals surface area contributed by atoms with Crippen molar-refractivity contribution in [3.8, 4) is 0 Å². The van der Waals surface area contributed by atoms with Crippen LogP contribution in [0.2, 0.25) is 15.1 Å². The summed E-state index contributed by atoms with van der Waals surface area (Å²) in [5, 5.41) is 3.63. The zero-order valence-electron chi connectivity index (χ0n) is 17.8. The number of amides is 2. The van der Waals surface area contributed by atoms with Crippen LogP contribution in [0.3, 0.4) is 0 Å². The molecule has 0 saturated carbocycles. The van der Waals surface area contributed by atoms with Crippen molar-refractivity contribution in [2.45, 2.75) is 26.4 Å². The molecule has 2 aromatic carbocycles. The van der Waals surface area contributed by atoms with Crippen LogP contribution in [-0.4, -0.2) is 50.5 Å². The average molecular weight is 521 g/mol. The monoisotopic (exact) mass is 519 g/mol. The van der Waals surface area contributed by atoms with Crippen LogP contribution in [0.5, 0.6) is 0 Å². The largest absolute Gasteiger partial charge is 0.355 e. The number of nitrogens with one attached hydrogen (secondary N) is 1. The average Bonchev–Trinajstić information content (AvgIpc) is 2.72. The smallest absolute Gasteiger partial charge is 0.244 e. The van der Waals surface area contributed by atoms with Gasteiger partial charge in [0.25, 0.3) is 0 Å². The molecule has 0 radical (unpaired) electrons. The molecular weight excluding hydrogens is 497 g/mol. The second-order valence-electron chi connectivity index (χ2n) is 7.09. The molecule has 0 fully saturated rings. The van der Waals surface area contributed by atoms with Gasteiger partial charge in [-0.3, -0.25) is 13.9 Å². The van der Waals surface area contributed by atoms with E-state index in [-0.39, 0.29) is 28.2 Å². The lowest BCUT2D eigenvalue weighted by atomic mass is 10.1. The normalized spacial score (nSPS) is 12.2. The minimum atomic E-state index is -3.84. The van der Waals surface area contributed by atoms with Gasteiger partial charge in [-0.1, -0.05) is 46.9 Å². The fraction of sp³-hybridized carbons (Fsp3) is 0.333. The highest BCUT2D eigenvalue weighted by molar-refractivity contribution is 7.92. The molecule has 0 spiro atoms. The van der Waals surface area contributed by atoms with Gasteiger partial charge in [0.1, 0.15) is 12.6 Å². The van der Waals surface area contributed by atoms with Crippen LogP contribution in [0.1, 0.15) is 19.4 Å². The predicted molar refractivity (Wildman–Crippen MR) is 129 cm³/mol. The molecule has 0 unspecified atom stereocenters. The van der Waals surface area contributed by atoms with Gasteiger partial charge in [-0.25, -0.2) is 8.42 Å². The topological polar surface area (TPSA) is 86.8 Å². The standard InChI is InChI=1S/C21H24Cl3N3O4S/c1-4-25-21(29)14(2)26(12-15-5-7-16(22)8-6-15)20(28)13-27(32(3,30)31)17-9-10-18(23)19(24)11-17/h5-11,14H,4,12-13H2,1-3H3,(H,25,29)/t14-/m0/s1. The Balaban J connectivity index is 2.39. The lowest BCUT2D eigenvalue weighted by Gasteiger charge is -2.31. The van der Waals surface area contributed by atoms with Gasteiger partial charge < -0.3 is 10.2 Å². The minimum absolute atomic E-state index is 0.0906. The molecule has 2 rings (SSSR count). The number of benzene rings is 2. The molecule has 2 aromatic rings. The minimum Gasteiger partial charge on any atom is -0.355 e. The van der Waals surface area contributed by atoms with E-state index >= 15 is 0 Å². The van der Waals surface area contributed by atoms with Gasteiger partial charge in [-0.15, -0.1) is 0 Å². The highest BCUT2D eigenvalue weighted by atomic mass is 35.5. The van der Waals surface area contributed by atoms with Crippen molar-refractivity contribution in [1.29, 1.82) is 0 Å². The van der Waals surface area contributed by atoms with Gasteiger partial charge in [0.2, 0.25) is 21.8 Å². The van der Waals surface area contributed by atoms with Crippen molar-refractivity contribution in [2.24, 2.45) is 0 Å². The van der Waals surface area contributed by atoms with E-state index in [9.17, 15) is 18.0 Å². The molecule has 11 heteroatoms. The maximum atomic E-state index is 13.3. The number of hydrogen-bond donors (Lipinski definition) is 1. The summed E-state index contributed by atoms with van der Waals surface area (Å²) in [6.45, 7) is 3.32. The molecule has 174 valence electrons. The molecule has 0 heterocycles. The van der Waals surface area contributed by atoms with E-state index in [1.165, 1.54) is 23.1 Å². The molecule has 32 heavy (non-hydrogen) atoms. The highest BCUT2D eigenvalue weighted by Crippen LogP contribution is 2.28. The van der Waals surface area contributed by atoms with E-state index in [1.807, 2.05) is 0 Å². The summed E-state index contributed by atoms with van der Waals surface area (Å²) in [5.41, 5.74) is 0.923. The Morgan fingerprint density at radius 3 is 2.19 bits per heavy atom. The number of carbonyl (C=O) groups excluding carboxylic acids is 2. The zero-order valence-corrected chi connectivity index (χ0v) is 20.9. The van der Waals surface area contributed by atoms with Crippen LogP contribution < -0.4 is 9.62 Å². The van der Waals surface area contributed by atoms with Gasteiger partial charge in [0.15, 0.2) is 0 Å². The molecule has 2 amide bonds. The number of hydrogen-bond acceptors (Lipinski definition) is 4. The van der Waals surface area contributed by atoms with Crippen molar-refractivity contribution >= 4 is 62.3 Å². The molecule has 0 bridgehead atoms. The van der Waals surface area contributed by atoms with Gasteiger partial charge in [0, 0.05) is 18.1 Å². The Bertz CT molecular complexity index is 1080. The van der Waals surface area contributed by atoms with Crippen molar-refractivity contribution in [2.75, 3.05) is 23.7 Å². The van der Waals surface area contributed by atoms with E-state index in [0.29, 0.717) is 11.6 Å². The summed E-state index contributed by atoms with van der Waals surface area (Å²) >= 11 is 17.9. The first-order chi connectivity index (χ1) is 14.9. The molecule has 0 aliphatic rings. The Morgan fingerprint density at radius 1 is 1.03 bits per heavy atom. The lowest BCUT2D eigenvalue weighted by molar-refractivity contribution is -0.139. The van der Waals surface area contributed by atoms with E-state index in [1.54, 1.807) is 38.1 Å². The van der Waals surface area contributed by atoms with Crippen molar-refractivity contribution in [3.63, 3.8) is 0 Å². The predicted octanol–water partition coefficient (Wildman–Crippen LogP) is 3.97. The SMILES string of the molecule is CCNC(=O)[C@H](C)N(Cc1ccc(Cl)cc1)C(=O)CN(c1ccc(Cl)c(Cl)c1)S(C)(=O)=O. The molecule has 7 nitrogen and oxygen atoms in total. The second kappa shape index (κ2) is 11.2. The van der Waals surface area contributed by atoms with Gasteiger partial charge in [-0.05, 0) is 49.7 Å². The van der Waals surface area contributed by atoms with Crippen molar-refractivity contribution in [1.82, 2.24) is 10.2 Å². The van der Waals surface area contributed by atoms with Crippen LogP contribution in [0.25, 0.3) is 0 Å². The van der Waals surface area contributed by atoms with Crippen LogP contribution in [0.15, 0.2) is 42.5 Å². The number of anilines is 1. The van der Waals surface area contributed by atoms with Crippen molar-refractivity contribution in [3.05, 3.63) is 63.1 Å². The molecular formula is C21H24Cl3N3O4S. The number of sulfonamides is 1. The number of halogens is 3. The number of carbonyl (C=O) groups is 2. The quantitative estimate of drug-likeness (QED) is 0.542. The van der Waals surface area contributed by atoms with E-state index in [2.05, 4.69) is 5.32 Å². The van der Waals surface area contributed by atoms with Crippen LogP contribution in [0.4, 0.5) is 5.69 Å². The second-order valence-corrected chi connectivity index (χ2v) is 10.2. The van der Waals surface area contributed by atoms with Gasteiger partial charge >= 0.3 is 0 Å².